The molecule has 5 fully saturated rings. The van der Waals surface area contributed by atoms with Crippen molar-refractivity contribution in [2.24, 2.45) is 17.3 Å². The third-order valence-electron chi connectivity index (χ3n) is 9.40. The molecule has 2 heterocycles. The van der Waals surface area contributed by atoms with E-state index in [1.165, 1.54) is 12.8 Å². The average Bonchev–Trinajstić information content (AvgIpc) is 2.97. The van der Waals surface area contributed by atoms with Gasteiger partial charge in [0.15, 0.2) is 11.6 Å². The zero-order valence-corrected chi connectivity index (χ0v) is 16.8. The van der Waals surface area contributed by atoms with Crippen LogP contribution in [0.1, 0.15) is 58.3 Å². The highest BCUT2D eigenvalue weighted by Gasteiger charge is 2.79. The standard InChI is InChI=1S/C22H32O5/c1-18-7-5-17-15(16(18)6-9-22(18)25-12-13-26-22)4-8-19-14-20(23-2,24-3)10-11-21(17,19)27-19/h5,15-16H,4,6-14H2,1-3H3/t15-,16-,18-,19+,21+/m0/s1. The normalized spacial score (nSPS) is 51.1. The molecule has 6 rings (SSSR count). The maximum atomic E-state index is 6.65. The van der Waals surface area contributed by atoms with Crippen LogP contribution in [0.2, 0.25) is 0 Å². The lowest BCUT2D eigenvalue weighted by Crippen LogP contribution is -2.54. The summed E-state index contributed by atoms with van der Waals surface area (Å²) in [5.74, 6) is 0.441. The summed E-state index contributed by atoms with van der Waals surface area (Å²) in [5, 5.41) is 0. The van der Waals surface area contributed by atoms with Crippen LogP contribution in [0.25, 0.3) is 0 Å². The van der Waals surface area contributed by atoms with Gasteiger partial charge in [-0.05, 0) is 49.5 Å². The molecular weight excluding hydrogens is 344 g/mol. The van der Waals surface area contributed by atoms with Gasteiger partial charge in [-0.15, -0.1) is 0 Å². The second-order valence-corrected chi connectivity index (χ2v) is 9.94. The fourth-order valence-electron chi connectivity index (χ4n) is 7.91. The highest BCUT2D eigenvalue weighted by molar-refractivity contribution is 5.43. The molecule has 5 nitrogen and oxygen atoms in total. The topological polar surface area (TPSA) is 49.5 Å². The van der Waals surface area contributed by atoms with E-state index in [0.29, 0.717) is 11.8 Å². The molecule has 27 heavy (non-hydrogen) atoms. The summed E-state index contributed by atoms with van der Waals surface area (Å²) in [4.78, 5) is 0. The fourth-order valence-corrected chi connectivity index (χ4v) is 7.91. The molecule has 5 atom stereocenters. The minimum Gasteiger partial charge on any atom is -0.358 e. The third-order valence-corrected chi connectivity index (χ3v) is 9.40. The summed E-state index contributed by atoms with van der Waals surface area (Å²) in [6, 6.07) is 0. The number of hydrogen-bond donors (Lipinski definition) is 0. The van der Waals surface area contributed by atoms with Gasteiger partial charge in [-0.2, -0.15) is 0 Å². The van der Waals surface area contributed by atoms with Crippen LogP contribution in [-0.2, 0) is 23.7 Å². The number of methoxy groups -OCH3 is 2. The Bertz CT molecular complexity index is 693. The van der Waals surface area contributed by atoms with Crippen LogP contribution in [0.4, 0.5) is 0 Å². The highest BCUT2D eigenvalue weighted by atomic mass is 16.7. The Kier molecular flexibility index (Phi) is 3.33. The Balaban J connectivity index is 1.35. The first kappa shape index (κ1) is 17.4. The molecule has 0 N–H and O–H groups in total. The lowest BCUT2D eigenvalue weighted by molar-refractivity contribution is -0.233. The van der Waals surface area contributed by atoms with Crippen LogP contribution in [0, 0.1) is 17.3 Å². The molecule has 0 aromatic carbocycles. The second-order valence-electron chi connectivity index (χ2n) is 9.94. The van der Waals surface area contributed by atoms with Gasteiger partial charge in [0.25, 0.3) is 0 Å². The van der Waals surface area contributed by atoms with Crippen molar-refractivity contribution >= 4 is 0 Å². The molecule has 0 aromatic rings. The van der Waals surface area contributed by atoms with Crippen molar-refractivity contribution in [1.82, 2.24) is 0 Å². The van der Waals surface area contributed by atoms with Crippen molar-refractivity contribution in [1.29, 1.82) is 0 Å². The van der Waals surface area contributed by atoms with E-state index in [-0.39, 0.29) is 22.4 Å². The lowest BCUT2D eigenvalue weighted by Gasteiger charge is -2.52. The van der Waals surface area contributed by atoms with Crippen LogP contribution in [-0.4, -0.2) is 50.2 Å². The molecule has 0 radical (unpaired) electrons. The Morgan fingerprint density at radius 2 is 1.78 bits per heavy atom. The van der Waals surface area contributed by atoms with Crippen molar-refractivity contribution < 1.29 is 23.7 Å². The molecule has 0 bridgehead atoms. The minimum absolute atomic E-state index is 0.0506. The number of ether oxygens (including phenoxy) is 5. The monoisotopic (exact) mass is 376 g/mol. The van der Waals surface area contributed by atoms with Crippen molar-refractivity contribution in [3.8, 4) is 0 Å². The molecule has 1 spiro atoms. The predicted molar refractivity (Wildman–Crippen MR) is 98.0 cm³/mol. The van der Waals surface area contributed by atoms with E-state index in [2.05, 4.69) is 13.0 Å². The van der Waals surface area contributed by atoms with Gasteiger partial charge in [-0.1, -0.05) is 13.0 Å². The Morgan fingerprint density at radius 3 is 2.52 bits per heavy atom. The molecule has 2 aliphatic heterocycles. The predicted octanol–water partition coefficient (Wildman–Crippen LogP) is 3.57. The number of epoxide rings is 1. The largest absolute Gasteiger partial charge is 0.358 e. The molecule has 0 aromatic heterocycles. The summed E-state index contributed by atoms with van der Waals surface area (Å²) < 4.78 is 30.7. The smallest absolute Gasteiger partial charge is 0.174 e. The molecule has 6 aliphatic rings. The fraction of sp³-hybridized carbons (Fsp3) is 0.909. The van der Waals surface area contributed by atoms with Gasteiger partial charge >= 0.3 is 0 Å². The van der Waals surface area contributed by atoms with Crippen molar-refractivity contribution in [3.63, 3.8) is 0 Å². The van der Waals surface area contributed by atoms with E-state index >= 15 is 0 Å². The van der Waals surface area contributed by atoms with Crippen molar-refractivity contribution in [2.75, 3.05) is 27.4 Å². The van der Waals surface area contributed by atoms with Crippen molar-refractivity contribution in [2.45, 2.75) is 81.1 Å². The van der Waals surface area contributed by atoms with Crippen molar-refractivity contribution in [3.05, 3.63) is 11.6 Å². The molecular formula is C22H32O5. The van der Waals surface area contributed by atoms with Crippen LogP contribution in [0.15, 0.2) is 11.6 Å². The van der Waals surface area contributed by atoms with Gasteiger partial charge < -0.3 is 23.7 Å². The van der Waals surface area contributed by atoms with E-state index in [0.717, 1.165) is 51.7 Å². The SMILES string of the molecule is COC1(OC)CC[C@]23O[C@]2(CC[C@@H]2C3=CC[C@@]3(C)[C@H]2CCC32OCCO2)C1. The third kappa shape index (κ3) is 1.85. The van der Waals surface area contributed by atoms with Gasteiger partial charge in [0, 0.05) is 38.9 Å². The number of rotatable bonds is 2. The van der Waals surface area contributed by atoms with E-state index in [4.69, 9.17) is 23.7 Å². The lowest BCUT2D eigenvalue weighted by atomic mass is 9.54. The van der Waals surface area contributed by atoms with Gasteiger partial charge in [-0.3, -0.25) is 0 Å². The van der Waals surface area contributed by atoms with Crippen LogP contribution in [0.3, 0.4) is 0 Å². The summed E-state index contributed by atoms with van der Waals surface area (Å²) >= 11 is 0. The first-order chi connectivity index (χ1) is 13.0. The molecule has 2 saturated heterocycles. The Hall–Kier alpha value is -0.460. The van der Waals surface area contributed by atoms with Crippen LogP contribution >= 0.6 is 0 Å². The van der Waals surface area contributed by atoms with Gasteiger partial charge in [0.05, 0.1) is 13.2 Å². The number of fused-ring (bicyclic) bond motifs is 4. The molecule has 0 amide bonds. The zero-order chi connectivity index (χ0) is 18.5. The first-order valence-corrected chi connectivity index (χ1v) is 10.8. The molecule has 150 valence electrons. The van der Waals surface area contributed by atoms with E-state index in [1.54, 1.807) is 19.8 Å². The maximum Gasteiger partial charge on any atom is 0.174 e. The van der Waals surface area contributed by atoms with Crippen LogP contribution in [0.5, 0.6) is 0 Å². The second kappa shape index (κ2) is 5.17. The van der Waals surface area contributed by atoms with E-state index in [9.17, 15) is 0 Å². The van der Waals surface area contributed by atoms with Gasteiger partial charge in [-0.25, -0.2) is 0 Å². The number of hydrogen-bond acceptors (Lipinski definition) is 5. The molecule has 4 aliphatic carbocycles. The van der Waals surface area contributed by atoms with Gasteiger partial charge in [0.2, 0.25) is 0 Å². The summed E-state index contributed by atoms with van der Waals surface area (Å²) in [6.45, 7) is 3.91. The molecule has 3 saturated carbocycles. The molecule has 0 unspecified atom stereocenters. The summed E-state index contributed by atoms with van der Waals surface area (Å²) in [7, 11) is 3.54. The Labute approximate surface area is 161 Å². The quantitative estimate of drug-likeness (QED) is 0.419. The highest BCUT2D eigenvalue weighted by Crippen LogP contribution is 2.74. The van der Waals surface area contributed by atoms with Gasteiger partial charge in [0.1, 0.15) is 11.2 Å². The summed E-state index contributed by atoms with van der Waals surface area (Å²) in [5.41, 5.74) is 1.57. The number of allylic oxidation sites excluding steroid dienone is 1. The average molecular weight is 376 g/mol. The minimum atomic E-state index is -0.473. The van der Waals surface area contributed by atoms with E-state index < -0.39 is 5.79 Å². The first-order valence-electron chi connectivity index (χ1n) is 10.8. The van der Waals surface area contributed by atoms with Crippen LogP contribution < -0.4 is 0 Å². The zero-order valence-electron chi connectivity index (χ0n) is 16.8. The molecule has 5 heteroatoms. The van der Waals surface area contributed by atoms with E-state index in [1.807, 2.05) is 0 Å². The Morgan fingerprint density at radius 1 is 1.00 bits per heavy atom. The maximum absolute atomic E-state index is 6.65. The summed E-state index contributed by atoms with van der Waals surface area (Å²) in [6.07, 6.45) is 10.9.